The molecule has 1 N–H and O–H groups in total. The molecule has 0 saturated heterocycles. The van der Waals surface area contributed by atoms with E-state index in [1.807, 2.05) is 31.2 Å². The van der Waals surface area contributed by atoms with E-state index in [0.29, 0.717) is 0 Å². The summed E-state index contributed by atoms with van der Waals surface area (Å²) in [4.78, 5) is 11.5. The third-order valence-electron chi connectivity index (χ3n) is 3.68. The molecule has 0 saturated carbocycles. The molecular weight excluding hydrogens is 266 g/mol. The van der Waals surface area contributed by atoms with E-state index in [1.165, 1.54) is 0 Å². The van der Waals surface area contributed by atoms with Gasteiger partial charge >= 0.3 is 0 Å². The highest BCUT2D eigenvalue weighted by atomic mass is 16.5. The maximum Gasteiger partial charge on any atom is 0.262 e. The van der Waals surface area contributed by atoms with Gasteiger partial charge < -0.3 is 14.5 Å². The molecule has 0 unspecified atom stereocenters. The average molecular weight is 279 g/mol. The Morgan fingerprint density at radius 1 is 1.10 bits per heavy atom. The summed E-state index contributed by atoms with van der Waals surface area (Å²) in [7, 11) is 0. The molecule has 1 aliphatic rings. The van der Waals surface area contributed by atoms with Crippen molar-refractivity contribution < 1.29 is 13.9 Å². The largest absolute Gasteiger partial charge is 0.481 e. The standard InChI is InChI=1S/C17H13NO3/c1-10-6-13(8-14-17(10)21-9-16(19)18-14)11-2-3-15-12(7-11)4-5-20-15/h2-8H,9H2,1H3,(H,18,19). The summed E-state index contributed by atoms with van der Waals surface area (Å²) in [6.45, 7) is 2.06. The van der Waals surface area contributed by atoms with E-state index in [4.69, 9.17) is 9.15 Å². The van der Waals surface area contributed by atoms with Gasteiger partial charge in [0.05, 0.1) is 12.0 Å². The molecule has 4 nitrogen and oxygen atoms in total. The van der Waals surface area contributed by atoms with Crippen LogP contribution in [0.15, 0.2) is 47.1 Å². The smallest absolute Gasteiger partial charge is 0.262 e. The highest BCUT2D eigenvalue weighted by Crippen LogP contribution is 2.36. The minimum absolute atomic E-state index is 0.0775. The molecule has 0 aliphatic carbocycles. The lowest BCUT2D eigenvalue weighted by atomic mass is 10.00. The van der Waals surface area contributed by atoms with E-state index in [1.54, 1.807) is 6.26 Å². The van der Waals surface area contributed by atoms with Gasteiger partial charge in [0, 0.05) is 5.39 Å². The number of anilines is 1. The summed E-state index contributed by atoms with van der Waals surface area (Å²) in [6.07, 6.45) is 1.68. The number of rotatable bonds is 1. The molecule has 0 bridgehead atoms. The third kappa shape index (κ3) is 1.96. The molecule has 1 aliphatic heterocycles. The molecule has 4 rings (SSSR count). The molecule has 2 heterocycles. The Morgan fingerprint density at radius 2 is 2.00 bits per heavy atom. The highest BCUT2D eigenvalue weighted by Gasteiger charge is 2.19. The summed E-state index contributed by atoms with van der Waals surface area (Å²) in [5, 5.41) is 3.92. The van der Waals surface area contributed by atoms with Gasteiger partial charge in [-0.15, -0.1) is 0 Å². The second-order valence-corrected chi connectivity index (χ2v) is 5.18. The second-order valence-electron chi connectivity index (χ2n) is 5.18. The third-order valence-corrected chi connectivity index (χ3v) is 3.68. The molecule has 0 radical (unpaired) electrons. The molecule has 3 aromatic rings. The predicted molar refractivity (Wildman–Crippen MR) is 80.5 cm³/mol. The molecule has 104 valence electrons. The van der Waals surface area contributed by atoms with Crippen LogP contribution in [-0.2, 0) is 4.79 Å². The summed E-state index contributed by atoms with van der Waals surface area (Å²) < 4.78 is 10.8. The number of amides is 1. The van der Waals surface area contributed by atoms with Crippen molar-refractivity contribution in [1.29, 1.82) is 0 Å². The first-order valence-corrected chi connectivity index (χ1v) is 6.76. The highest BCUT2D eigenvalue weighted by molar-refractivity contribution is 5.97. The van der Waals surface area contributed by atoms with Gasteiger partial charge in [0.15, 0.2) is 6.61 Å². The summed E-state index contributed by atoms with van der Waals surface area (Å²) in [5.41, 5.74) is 4.73. The van der Waals surface area contributed by atoms with Crippen molar-refractivity contribution in [2.24, 2.45) is 0 Å². The topological polar surface area (TPSA) is 51.5 Å². The number of carbonyl (C=O) groups is 1. The normalized spacial score (nSPS) is 13.7. The van der Waals surface area contributed by atoms with E-state index in [9.17, 15) is 4.79 Å². The van der Waals surface area contributed by atoms with Crippen LogP contribution in [-0.4, -0.2) is 12.5 Å². The van der Waals surface area contributed by atoms with Crippen molar-refractivity contribution in [2.45, 2.75) is 6.92 Å². The zero-order chi connectivity index (χ0) is 14.4. The van der Waals surface area contributed by atoms with Gasteiger partial charge in [0.25, 0.3) is 5.91 Å². The summed E-state index contributed by atoms with van der Waals surface area (Å²) >= 11 is 0. The van der Waals surface area contributed by atoms with Crippen LogP contribution >= 0.6 is 0 Å². The molecule has 2 aromatic carbocycles. The van der Waals surface area contributed by atoms with Crippen molar-refractivity contribution >= 4 is 22.6 Å². The lowest BCUT2D eigenvalue weighted by Crippen LogP contribution is -2.25. The van der Waals surface area contributed by atoms with Gasteiger partial charge in [-0.05, 0) is 53.9 Å². The number of nitrogens with one attached hydrogen (secondary N) is 1. The van der Waals surface area contributed by atoms with Crippen LogP contribution in [0.2, 0.25) is 0 Å². The van der Waals surface area contributed by atoms with E-state index in [0.717, 1.165) is 39.1 Å². The molecule has 0 atom stereocenters. The van der Waals surface area contributed by atoms with E-state index >= 15 is 0 Å². The number of furan rings is 1. The SMILES string of the molecule is Cc1cc(-c2ccc3occc3c2)cc2c1OCC(=O)N2. The maximum atomic E-state index is 11.5. The van der Waals surface area contributed by atoms with Crippen LogP contribution in [0.4, 0.5) is 5.69 Å². The molecule has 0 spiro atoms. The fourth-order valence-electron chi connectivity index (χ4n) is 2.70. The van der Waals surface area contributed by atoms with Gasteiger partial charge in [0.1, 0.15) is 11.3 Å². The Kier molecular flexibility index (Phi) is 2.51. The minimum atomic E-state index is -0.121. The Balaban J connectivity index is 1.86. The average Bonchev–Trinajstić information content (AvgIpc) is 2.94. The Hall–Kier alpha value is -2.75. The molecule has 1 amide bonds. The van der Waals surface area contributed by atoms with Crippen LogP contribution in [0.3, 0.4) is 0 Å². The molecular formula is C17H13NO3. The zero-order valence-corrected chi connectivity index (χ0v) is 11.5. The lowest BCUT2D eigenvalue weighted by molar-refractivity contribution is -0.118. The van der Waals surface area contributed by atoms with E-state index < -0.39 is 0 Å². The van der Waals surface area contributed by atoms with Crippen LogP contribution in [0, 0.1) is 6.92 Å². The fraction of sp³-hybridized carbons (Fsp3) is 0.118. The number of aryl methyl sites for hydroxylation is 1. The van der Waals surface area contributed by atoms with Crippen molar-refractivity contribution in [2.75, 3.05) is 11.9 Å². The fourth-order valence-corrected chi connectivity index (χ4v) is 2.70. The second kappa shape index (κ2) is 4.38. The van der Waals surface area contributed by atoms with Gasteiger partial charge in [-0.1, -0.05) is 6.07 Å². The Labute approximate surface area is 121 Å². The predicted octanol–water partition coefficient (Wildman–Crippen LogP) is 3.74. The first-order valence-electron chi connectivity index (χ1n) is 6.76. The van der Waals surface area contributed by atoms with Crippen LogP contribution in [0.1, 0.15) is 5.56 Å². The van der Waals surface area contributed by atoms with Gasteiger partial charge in [-0.2, -0.15) is 0 Å². The molecule has 4 heteroatoms. The first-order chi connectivity index (χ1) is 10.2. The van der Waals surface area contributed by atoms with Crippen molar-refractivity contribution in [1.82, 2.24) is 0 Å². The first kappa shape index (κ1) is 12.0. The molecule has 1 aromatic heterocycles. The van der Waals surface area contributed by atoms with Gasteiger partial charge in [0.2, 0.25) is 0 Å². The van der Waals surface area contributed by atoms with E-state index in [-0.39, 0.29) is 12.5 Å². The Bertz CT molecular complexity index is 864. The number of hydrogen-bond acceptors (Lipinski definition) is 3. The zero-order valence-electron chi connectivity index (χ0n) is 11.5. The molecule has 21 heavy (non-hydrogen) atoms. The van der Waals surface area contributed by atoms with Crippen molar-refractivity contribution in [3.05, 3.63) is 48.2 Å². The number of fused-ring (bicyclic) bond motifs is 2. The maximum absolute atomic E-state index is 11.5. The van der Waals surface area contributed by atoms with Crippen LogP contribution in [0.5, 0.6) is 5.75 Å². The van der Waals surface area contributed by atoms with E-state index in [2.05, 4.69) is 17.4 Å². The number of benzene rings is 2. The molecule has 0 fully saturated rings. The van der Waals surface area contributed by atoms with Crippen LogP contribution < -0.4 is 10.1 Å². The van der Waals surface area contributed by atoms with Gasteiger partial charge in [-0.25, -0.2) is 0 Å². The summed E-state index contributed by atoms with van der Waals surface area (Å²) in [6, 6.07) is 12.0. The number of hydrogen-bond donors (Lipinski definition) is 1. The minimum Gasteiger partial charge on any atom is -0.481 e. The quantitative estimate of drug-likeness (QED) is 0.738. The Morgan fingerprint density at radius 3 is 2.90 bits per heavy atom. The lowest BCUT2D eigenvalue weighted by Gasteiger charge is -2.21. The van der Waals surface area contributed by atoms with Gasteiger partial charge in [-0.3, -0.25) is 4.79 Å². The van der Waals surface area contributed by atoms with Crippen molar-refractivity contribution in [3.8, 4) is 16.9 Å². The summed E-state index contributed by atoms with van der Waals surface area (Å²) in [5.74, 6) is 0.632. The van der Waals surface area contributed by atoms with Crippen LogP contribution in [0.25, 0.3) is 22.1 Å². The van der Waals surface area contributed by atoms with Crippen molar-refractivity contribution in [3.63, 3.8) is 0 Å². The number of ether oxygens (including phenoxy) is 1. The number of carbonyl (C=O) groups excluding carboxylic acids is 1. The monoisotopic (exact) mass is 279 g/mol.